The van der Waals surface area contributed by atoms with Crippen molar-refractivity contribution in [3.05, 3.63) is 59.5 Å². The second-order valence-electron chi connectivity index (χ2n) is 6.82. The van der Waals surface area contributed by atoms with Crippen molar-refractivity contribution in [2.75, 3.05) is 26.2 Å². The fraction of sp³-hybridized carbons (Fsp3) is 0.429. The van der Waals surface area contributed by atoms with Gasteiger partial charge in [-0.3, -0.25) is 4.79 Å². The first kappa shape index (κ1) is 25.0. The molecule has 1 aromatic heterocycles. The van der Waals surface area contributed by atoms with Gasteiger partial charge >= 0.3 is 0 Å². The number of halogens is 1. The Labute approximate surface area is 189 Å². The summed E-state index contributed by atoms with van der Waals surface area (Å²) in [4.78, 5) is 16.3. The Bertz CT molecular complexity index is 775. The van der Waals surface area contributed by atoms with E-state index in [0.717, 1.165) is 12.2 Å². The molecule has 4 N–H and O–H groups in total. The molecule has 0 aliphatic rings. The van der Waals surface area contributed by atoms with Crippen molar-refractivity contribution in [2.45, 2.75) is 32.8 Å². The molecule has 160 valence electrons. The van der Waals surface area contributed by atoms with E-state index in [4.69, 9.17) is 4.42 Å². The van der Waals surface area contributed by atoms with E-state index in [0.29, 0.717) is 24.8 Å². The zero-order valence-electron chi connectivity index (χ0n) is 17.2. The number of rotatable bonds is 9. The predicted octanol–water partition coefficient (Wildman–Crippen LogP) is 2.33. The molecule has 0 saturated carbocycles. The number of nitrogens with one attached hydrogen (secondary N) is 3. The first-order valence-electron chi connectivity index (χ1n) is 9.53. The quantitative estimate of drug-likeness (QED) is 0.234. The van der Waals surface area contributed by atoms with Crippen LogP contribution in [0.25, 0.3) is 0 Å². The first-order valence-corrected chi connectivity index (χ1v) is 9.53. The second kappa shape index (κ2) is 12.5. The Morgan fingerprint density at radius 1 is 1.14 bits per heavy atom. The molecule has 2 rings (SSSR count). The van der Waals surface area contributed by atoms with Gasteiger partial charge in [-0.2, -0.15) is 0 Å². The highest BCUT2D eigenvalue weighted by Gasteiger charge is 2.27. The molecule has 0 bridgehead atoms. The molecule has 1 atom stereocenters. The number of hydrogen-bond donors (Lipinski definition) is 4. The molecule has 0 aliphatic heterocycles. The number of carbonyl (C=O) groups is 1. The number of hydrogen-bond acceptors (Lipinski definition) is 4. The molecule has 0 spiro atoms. The summed E-state index contributed by atoms with van der Waals surface area (Å²) in [7, 11) is 0. The van der Waals surface area contributed by atoms with E-state index in [1.54, 1.807) is 13.0 Å². The van der Waals surface area contributed by atoms with E-state index < -0.39 is 5.60 Å². The smallest absolute Gasteiger partial charge is 0.241 e. The van der Waals surface area contributed by atoms with Crippen molar-refractivity contribution in [2.24, 2.45) is 4.99 Å². The minimum Gasteiger partial charge on any atom is -0.463 e. The lowest BCUT2D eigenvalue weighted by Gasteiger charge is -2.22. The third-order valence-corrected chi connectivity index (χ3v) is 4.17. The maximum absolute atomic E-state index is 12.0. The summed E-state index contributed by atoms with van der Waals surface area (Å²) in [5.41, 5.74) is -0.0146. The fourth-order valence-electron chi connectivity index (χ4n) is 2.61. The molecular formula is C21H31IN4O3. The van der Waals surface area contributed by atoms with Crippen LogP contribution in [0.3, 0.4) is 0 Å². The standard InChI is InChI=1S/C21H30N4O3.HI/c1-4-22-20(25-15-21(3,27)18-11-10-16(2)28-18)24-14-19(26)23-13-12-17-8-6-5-7-9-17;/h5-11,27H,4,12-15H2,1-3H3,(H,23,26)(H2,22,24,25);1H. The Balaban J connectivity index is 0.00000420. The van der Waals surface area contributed by atoms with Crippen LogP contribution in [0.1, 0.15) is 30.9 Å². The number of benzene rings is 1. The first-order chi connectivity index (χ1) is 13.4. The van der Waals surface area contributed by atoms with Crippen molar-refractivity contribution in [1.29, 1.82) is 0 Å². The molecule has 1 aromatic carbocycles. The van der Waals surface area contributed by atoms with E-state index in [-0.39, 0.29) is 43.0 Å². The summed E-state index contributed by atoms with van der Waals surface area (Å²) in [6, 6.07) is 13.6. The molecule has 8 heteroatoms. The molecule has 29 heavy (non-hydrogen) atoms. The average molecular weight is 514 g/mol. The van der Waals surface area contributed by atoms with Crippen LogP contribution in [0, 0.1) is 6.92 Å². The van der Waals surface area contributed by atoms with Gasteiger partial charge in [-0.25, -0.2) is 4.99 Å². The molecule has 1 amide bonds. The van der Waals surface area contributed by atoms with Gasteiger partial charge in [-0.1, -0.05) is 30.3 Å². The van der Waals surface area contributed by atoms with Crippen LogP contribution in [0.5, 0.6) is 0 Å². The number of aryl methyl sites for hydroxylation is 1. The molecule has 0 radical (unpaired) electrons. The fourth-order valence-corrected chi connectivity index (χ4v) is 2.61. The number of guanidine groups is 1. The van der Waals surface area contributed by atoms with Crippen LogP contribution in [0.4, 0.5) is 0 Å². The van der Waals surface area contributed by atoms with E-state index >= 15 is 0 Å². The van der Waals surface area contributed by atoms with Crippen LogP contribution in [-0.4, -0.2) is 43.2 Å². The molecule has 2 aromatic rings. The lowest BCUT2D eigenvalue weighted by atomic mass is 10.0. The number of nitrogens with zero attached hydrogens (tertiary/aromatic N) is 1. The third-order valence-electron chi connectivity index (χ3n) is 4.17. The number of carbonyl (C=O) groups excluding carboxylic acids is 1. The summed E-state index contributed by atoms with van der Waals surface area (Å²) in [5.74, 6) is 1.53. The van der Waals surface area contributed by atoms with Crippen LogP contribution in [0.15, 0.2) is 51.9 Å². The highest BCUT2D eigenvalue weighted by molar-refractivity contribution is 14.0. The van der Waals surface area contributed by atoms with Crippen molar-refractivity contribution >= 4 is 35.8 Å². The van der Waals surface area contributed by atoms with Crippen molar-refractivity contribution < 1.29 is 14.3 Å². The zero-order valence-corrected chi connectivity index (χ0v) is 19.5. The second-order valence-corrected chi connectivity index (χ2v) is 6.82. The van der Waals surface area contributed by atoms with Gasteiger partial charge in [0.15, 0.2) is 5.96 Å². The number of aliphatic hydroxyl groups is 1. The number of amides is 1. The summed E-state index contributed by atoms with van der Waals surface area (Å²) >= 11 is 0. The van der Waals surface area contributed by atoms with E-state index in [9.17, 15) is 9.90 Å². The highest BCUT2D eigenvalue weighted by Crippen LogP contribution is 2.21. The van der Waals surface area contributed by atoms with Gasteiger partial charge in [-0.05, 0) is 44.9 Å². The Kier molecular flexibility index (Phi) is 10.7. The topological polar surface area (TPSA) is 98.9 Å². The lowest BCUT2D eigenvalue weighted by Crippen LogP contribution is -2.45. The van der Waals surface area contributed by atoms with E-state index in [2.05, 4.69) is 20.9 Å². The monoisotopic (exact) mass is 514 g/mol. The summed E-state index contributed by atoms with van der Waals surface area (Å²) in [6.45, 7) is 6.84. The number of furan rings is 1. The van der Waals surface area contributed by atoms with Gasteiger partial charge < -0.3 is 25.5 Å². The van der Waals surface area contributed by atoms with Crippen LogP contribution in [0.2, 0.25) is 0 Å². The van der Waals surface area contributed by atoms with Crippen molar-refractivity contribution in [3.63, 3.8) is 0 Å². The van der Waals surface area contributed by atoms with Gasteiger partial charge in [0.1, 0.15) is 23.7 Å². The van der Waals surface area contributed by atoms with Gasteiger partial charge in [0.25, 0.3) is 0 Å². The normalized spacial score (nSPS) is 13.2. The van der Waals surface area contributed by atoms with Crippen LogP contribution >= 0.6 is 24.0 Å². The molecular weight excluding hydrogens is 483 g/mol. The third kappa shape index (κ3) is 8.86. The largest absolute Gasteiger partial charge is 0.463 e. The molecule has 0 fully saturated rings. The minimum absolute atomic E-state index is 0. The van der Waals surface area contributed by atoms with E-state index in [1.165, 1.54) is 5.56 Å². The Morgan fingerprint density at radius 3 is 2.48 bits per heavy atom. The number of aliphatic imine (C=N–C) groups is 1. The van der Waals surface area contributed by atoms with Gasteiger partial charge in [0, 0.05) is 13.1 Å². The molecule has 1 heterocycles. The highest BCUT2D eigenvalue weighted by atomic mass is 127. The Hall–Kier alpha value is -2.07. The molecule has 1 unspecified atom stereocenters. The minimum atomic E-state index is -1.19. The lowest BCUT2D eigenvalue weighted by molar-refractivity contribution is -0.119. The van der Waals surface area contributed by atoms with Crippen LogP contribution < -0.4 is 16.0 Å². The molecule has 7 nitrogen and oxygen atoms in total. The zero-order chi connectivity index (χ0) is 20.4. The van der Waals surface area contributed by atoms with Crippen molar-refractivity contribution in [3.8, 4) is 0 Å². The van der Waals surface area contributed by atoms with E-state index in [1.807, 2.05) is 50.2 Å². The summed E-state index contributed by atoms with van der Waals surface area (Å²) < 4.78 is 5.51. The van der Waals surface area contributed by atoms with Gasteiger partial charge in [0.05, 0.1) is 6.54 Å². The average Bonchev–Trinajstić information content (AvgIpc) is 3.12. The maximum atomic E-state index is 12.0. The van der Waals surface area contributed by atoms with Gasteiger partial charge in [0.2, 0.25) is 5.91 Å². The predicted molar refractivity (Wildman–Crippen MR) is 126 cm³/mol. The SMILES string of the molecule is CCNC(=NCC(=O)NCCc1ccccc1)NCC(C)(O)c1ccc(C)o1.I. The Morgan fingerprint density at radius 2 is 1.86 bits per heavy atom. The molecule has 0 aliphatic carbocycles. The summed E-state index contributed by atoms with van der Waals surface area (Å²) in [5, 5.41) is 19.6. The van der Waals surface area contributed by atoms with Gasteiger partial charge in [-0.15, -0.1) is 24.0 Å². The maximum Gasteiger partial charge on any atom is 0.241 e. The molecule has 0 saturated heterocycles. The van der Waals surface area contributed by atoms with Crippen LogP contribution in [-0.2, 0) is 16.8 Å². The summed E-state index contributed by atoms with van der Waals surface area (Å²) in [6.07, 6.45) is 0.778. The van der Waals surface area contributed by atoms with Crippen molar-refractivity contribution in [1.82, 2.24) is 16.0 Å².